The van der Waals surface area contributed by atoms with E-state index in [-0.39, 0.29) is 0 Å². The van der Waals surface area contributed by atoms with Crippen molar-refractivity contribution in [2.24, 2.45) is 5.92 Å². The third-order valence-electron chi connectivity index (χ3n) is 2.79. The number of hydrogen-bond acceptors (Lipinski definition) is 3. The van der Waals surface area contributed by atoms with Gasteiger partial charge >= 0.3 is 0 Å². The van der Waals surface area contributed by atoms with Crippen LogP contribution in [0.4, 0.5) is 0 Å². The van der Waals surface area contributed by atoms with Gasteiger partial charge in [-0.2, -0.15) is 0 Å². The Bertz CT molecular complexity index is 324. The van der Waals surface area contributed by atoms with Gasteiger partial charge in [-0.25, -0.2) is 8.42 Å². The van der Waals surface area contributed by atoms with Gasteiger partial charge in [0.25, 0.3) is 0 Å². The molecule has 0 radical (unpaired) electrons. The Kier molecular flexibility index (Phi) is 7.79. The van der Waals surface area contributed by atoms with Crippen molar-refractivity contribution in [2.75, 3.05) is 18.7 Å². The zero-order valence-electron chi connectivity index (χ0n) is 10.7. The highest BCUT2D eigenvalue weighted by Gasteiger charge is 2.23. The monoisotopic (exact) mass is 283 g/mol. The van der Waals surface area contributed by atoms with E-state index < -0.39 is 21.0 Å². The summed E-state index contributed by atoms with van der Waals surface area (Å²) in [7, 11) is -3.31. The highest BCUT2D eigenvalue weighted by atomic mass is 35.5. The molecule has 0 aromatic rings. The van der Waals surface area contributed by atoms with Crippen LogP contribution in [0, 0.1) is 5.92 Å². The van der Waals surface area contributed by atoms with Crippen LogP contribution in [-0.4, -0.2) is 38.3 Å². The van der Waals surface area contributed by atoms with E-state index in [2.05, 4.69) is 12.2 Å². The summed E-state index contributed by atoms with van der Waals surface area (Å²) < 4.78 is 22.4. The number of rotatable bonds is 8. The Balaban J connectivity index is 4.21. The summed E-state index contributed by atoms with van der Waals surface area (Å²) in [6, 6.07) is 0. The van der Waals surface area contributed by atoms with Crippen molar-refractivity contribution in [3.63, 3.8) is 0 Å². The van der Waals surface area contributed by atoms with Crippen LogP contribution >= 0.6 is 11.6 Å². The van der Waals surface area contributed by atoms with Crippen LogP contribution in [0.2, 0.25) is 0 Å². The smallest absolute Gasteiger partial charge is 0.238 e. The van der Waals surface area contributed by atoms with Gasteiger partial charge in [-0.05, 0) is 25.7 Å². The van der Waals surface area contributed by atoms with Crippen LogP contribution < -0.4 is 5.32 Å². The number of alkyl halides is 1. The van der Waals surface area contributed by atoms with E-state index in [0.717, 1.165) is 25.5 Å². The Morgan fingerprint density at radius 3 is 2.35 bits per heavy atom. The minimum atomic E-state index is -3.31. The predicted octanol–water partition coefficient (Wildman–Crippen LogP) is 1.58. The van der Waals surface area contributed by atoms with E-state index in [4.69, 9.17) is 11.6 Å². The second-order valence-electron chi connectivity index (χ2n) is 4.35. The maximum atomic E-state index is 11.6. The number of carbonyl (C=O) groups excluding carboxylic acids is 1. The first kappa shape index (κ1) is 16.7. The molecule has 0 aliphatic carbocycles. The van der Waals surface area contributed by atoms with Crippen molar-refractivity contribution in [2.45, 2.75) is 38.4 Å². The molecule has 0 saturated heterocycles. The topological polar surface area (TPSA) is 63.2 Å². The van der Waals surface area contributed by atoms with Crippen LogP contribution in [-0.2, 0) is 14.6 Å². The van der Waals surface area contributed by atoms with Gasteiger partial charge in [-0.15, -0.1) is 11.6 Å². The molecule has 0 spiro atoms. The lowest BCUT2D eigenvalue weighted by Crippen LogP contribution is -2.39. The summed E-state index contributed by atoms with van der Waals surface area (Å²) in [6.07, 6.45) is 3.92. The second-order valence-corrected chi connectivity index (χ2v) is 7.09. The standard InChI is InChI=1S/C11H22ClNO3S/c1-4-5-10(6-7-12)8-13-11(14)9(2)17(3,15)16/h9-10H,4-8H2,1-3H3,(H,13,14). The molecule has 0 aliphatic rings. The third-order valence-corrected chi connectivity index (χ3v) is 4.51. The first-order valence-corrected chi connectivity index (χ1v) is 8.34. The van der Waals surface area contributed by atoms with Gasteiger partial charge < -0.3 is 5.32 Å². The molecule has 0 bridgehead atoms. The molecule has 2 unspecified atom stereocenters. The van der Waals surface area contributed by atoms with Crippen LogP contribution in [0.3, 0.4) is 0 Å². The highest BCUT2D eigenvalue weighted by Crippen LogP contribution is 2.11. The number of nitrogens with one attached hydrogen (secondary N) is 1. The number of sulfone groups is 1. The van der Waals surface area contributed by atoms with Crippen LogP contribution in [0.5, 0.6) is 0 Å². The minimum Gasteiger partial charge on any atom is -0.355 e. The summed E-state index contributed by atoms with van der Waals surface area (Å²) in [6.45, 7) is 3.97. The number of hydrogen-bond donors (Lipinski definition) is 1. The van der Waals surface area contributed by atoms with Crippen molar-refractivity contribution in [1.29, 1.82) is 0 Å². The van der Waals surface area contributed by atoms with E-state index in [9.17, 15) is 13.2 Å². The number of halogens is 1. The molecule has 17 heavy (non-hydrogen) atoms. The zero-order valence-corrected chi connectivity index (χ0v) is 12.3. The lowest BCUT2D eigenvalue weighted by atomic mass is 10.0. The van der Waals surface area contributed by atoms with Gasteiger partial charge in [0.1, 0.15) is 5.25 Å². The highest BCUT2D eigenvalue weighted by molar-refractivity contribution is 7.92. The molecule has 0 heterocycles. The third kappa shape index (κ3) is 6.88. The molecule has 0 saturated carbocycles. The van der Waals surface area contributed by atoms with E-state index in [0.29, 0.717) is 18.3 Å². The largest absolute Gasteiger partial charge is 0.355 e. The van der Waals surface area contributed by atoms with Crippen molar-refractivity contribution in [3.8, 4) is 0 Å². The van der Waals surface area contributed by atoms with E-state index >= 15 is 0 Å². The second kappa shape index (κ2) is 7.93. The Labute approximate surface area is 109 Å². The van der Waals surface area contributed by atoms with E-state index in [1.54, 1.807) is 0 Å². The summed E-state index contributed by atoms with van der Waals surface area (Å²) in [5, 5.41) is 1.70. The van der Waals surface area contributed by atoms with Gasteiger partial charge in [-0.3, -0.25) is 4.79 Å². The first-order valence-electron chi connectivity index (χ1n) is 5.85. The van der Waals surface area contributed by atoms with Crippen LogP contribution in [0.1, 0.15) is 33.1 Å². The predicted molar refractivity (Wildman–Crippen MR) is 71.1 cm³/mol. The summed E-state index contributed by atoms with van der Waals surface area (Å²) >= 11 is 5.67. The molecule has 0 aromatic carbocycles. The molecule has 0 fully saturated rings. The van der Waals surface area contributed by atoms with Crippen molar-refractivity contribution < 1.29 is 13.2 Å². The Morgan fingerprint density at radius 1 is 1.35 bits per heavy atom. The Morgan fingerprint density at radius 2 is 1.94 bits per heavy atom. The average molecular weight is 284 g/mol. The van der Waals surface area contributed by atoms with Gasteiger partial charge in [-0.1, -0.05) is 13.3 Å². The lowest BCUT2D eigenvalue weighted by molar-refractivity contribution is -0.120. The molecule has 1 N–H and O–H groups in total. The summed E-state index contributed by atoms with van der Waals surface area (Å²) in [5.74, 6) is 0.457. The van der Waals surface area contributed by atoms with Crippen LogP contribution in [0.25, 0.3) is 0 Å². The number of carbonyl (C=O) groups is 1. The van der Waals surface area contributed by atoms with Gasteiger partial charge in [0.2, 0.25) is 5.91 Å². The zero-order chi connectivity index (χ0) is 13.5. The Hall–Kier alpha value is -0.290. The summed E-state index contributed by atoms with van der Waals surface area (Å²) in [5.41, 5.74) is 0. The molecule has 6 heteroatoms. The van der Waals surface area contributed by atoms with Gasteiger partial charge in [0.05, 0.1) is 0 Å². The molecule has 0 aromatic heterocycles. The quantitative estimate of drug-likeness (QED) is 0.688. The fraction of sp³-hybridized carbons (Fsp3) is 0.909. The van der Waals surface area contributed by atoms with Crippen molar-refractivity contribution in [3.05, 3.63) is 0 Å². The maximum absolute atomic E-state index is 11.6. The molecule has 102 valence electrons. The molecule has 2 atom stereocenters. The molecule has 0 rings (SSSR count). The van der Waals surface area contributed by atoms with Crippen molar-refractivity contribution >= 4 is 27.3 Å². The van der Waals surface area contributed by atoms with Gasteiger partial charge in [0, 0.05) is 18.7 Å². The van der Waals surface area contributed by atoms with E-state index in [1.807, 2.05) is 0 Å². The lowest BCUT2D eigenvalue weighted by Gasteiger charge is -2.17. The molecule has 4 nitrogen and oxygen atoms in total. The van der Waals surface area contributed by atoms with Gasteiger partial charge in [0.15, 0.2) is 9.84 Å². The van der Waals surface area contributed by atoms with Crippen LogP contribution in [0.15, 0.2) is 0 Å². The SMILES string of the molecule is CCCC(CCCl)CNC(=O)C(C)S(C)(=O)=O. The average Bonchev–Trinajstić information content (AvgIpc) is 2.23. The maximum Gasteiger partial charge on any atom is 0.238 e. The minimum absolute atomic E-state index is 0.327. The molecular formula is C11H22ClNO3S. The van der Waals surface area contributed by atoms with Crippen molar-refractivity contribution in [1.82, 2.24) is 5.32 Å². The van der Waals surface area contributed by atoms with E-state index in [1.165, 1.54) is 6.92 Å². The molecule has 1 amide bonds. The molecular weight excluding hydrogens is 262 g/mol. The summed E-state index contributed by atoms with van der Waals surface area (Å²) in [4.78, 5) is 11.6. The fourth-order valence-electron chi connectivity index (χ4n) is 1.49. The molecule has 0 aliphatic heterocycles. The number of amides is 1. The normalized spacial score (nSPS) is 15.3. The fourth-order valence-corrected chi connectivity index (χ4v) is 2.27. The first-order chi connectivity index (χ1) is 7.82.